The zero-order valence-corrected chi connectivity index (χ0v) is 36.0. The number of likely N-dealkylation sites (tertiary alicyclic amines) is 1. The lowest BCUT2D eigenvalue weighted by atomic mass is 9.71. The summed E-state index contributed by atoms with van der Waals surface area (Å²) in [6.45, 7) is 5.63. The number of ether oxygens (including phenoxy) is 5. The Labute approximate surface area is 361 Å². The number of hydrogen-bond acceptors (Lipinski definition) is 13. The first-order valence-electron chi connectivity index (χ1n) is 22.3. The molecule has 0 bridgehead atoms. The number of aldehydes is 1. The van der Waals surface area contributed by atoms with Gasteiger partial charge in [0.05, 0.1) is 42.6 Å². The number of benzene rings is 2. The number of ketones is 1. The molecule has 1 aromatic heterocycles. The van der Waals surface area contributed by atoms with Crippen LogP contribution < -0.4 is 14.2 Å². The van der Waals surface area contributed by atoms with E-state index in [2.05, 4.69) is 9.88 Å². The number of fused-ring (bicyclic) bond motifs is 3. The van der Waals surface area contributed by atoms with Crippen LogP contribution in [0.2, 0.25) is 0 Å². The topological polar surface area (TPSA) is 197 Å². The molecule has 3 fully saturated rings. The highest BCUT2D eigenvalue weighted by Crippen LogP contribution is 2.57. The van der Waals surface area contributed by atoms with Gasteiger partial charge in [-0.3, -0.25) is 9.59 Å². The smallest absolute Gasteiger partial charge is 0.375 e. The third-order valence-electron chi connectivity index (χ3n) is 13.9. The summed E-state index contributed by atoms with van der Waals surface area (Å²) in [6.07, 6.45) is 5.75. The lowest BCUT2D eigenvalue weighted by Gasteiger charge is -2.42. The minimum atomic E-state index is -1.31. The molecular weight excluding hydrogens is 797 g/mol. The maximum Gasteiger partial charge on any atom is 0.375 e. The van der Waals surface area contributed by atoms with Crippen LogP contribution in [-0.2, 0) is 36.9 Å². The Hall–Kier alpha value is -4.57. The van der Waals surface area contributed by atoms with Gasteiger partial charge in [-0.1, -0.05) is 11.6 Å². The molecule has 0 spiro atoms. The van der Waals surface area contributed by atoms with Gasteiger partial charge in [-0.2, -0.15) is 0 Å². The number of nitrogens with zero attached hydrogens (tertiary/aromatic N) is 1. The van der Waals surface area contributed by atoms with Gasteiger partial charge in [-0.05, 0) is 113 Å². The van der Waals surface area contributed by atoms with Gasteiger partial charge in [0.15, 0.2) is 6.29 Å². The molecule has 0 radical (unpaired) electrons. The molecule has 6 unspecified atom stereocenters. The average molecular weight is 857 g/mol. The first kappa shape index (κ1) is 44.1. The van der Waals surface area contributed by atoms with E-state index in [-0.39, 0.29) is 66.0 Å². The van der Waals surface area contributed by atoms with Crippen molar-refractivity contribution in [2.24, 2.45) is 11.8 Å². The number of carbonyl (C=O) groups is 3. The van der Waals surface area contributed by atoms with Crippen LogP contribution in [0, 0.1) is 11.8 Å². The molecule has 4 heterocycles. The van der Waals surface area contributed by atoms with E-state index in [0.717, 1.165) is 55.4 Å². The number of methoxy groups -OCH3 is 1. The van der Waals surface area contributed by atoms with Crippen molar-refractivity contribution in [2.75, 3.05) is 46.6 Å². The number of carbonyl (C=O) groups excluding carboxylic acids is 3. The van der Waals surface area contributed by atoms with Crippen molar-refractivity contribution in [3.63, 3.8) is 0 Å². The molecule has 6 atom stereocenters. The maximum absolute atomic E-state index is 14.2. The Morgan fingerprint density at radius 1 is 1.08 bits per heavy atom. The van der Waals surface area contributed by atoms with E-state index in [1.807, 2.05) is 30.5 Å². The summed E-state index contributed by atoms with van der Waals surface area (Å²) >= 11 is 0. The monoisotopic (exact) mass is 856 g/mol. The van der Waals surface area contributed by atoms with Crippen LogP contribution in [0.3, 0.4) is 0 Å². The molecule has 5 N–H and O–H groups in total. The minimum Gasteiger partial charge on any atom is -0.489 e. The Morgan fingerprint density at radius 2 is 1.89 bits per heavy atom. The highest BCUT2D eigenvalue weighted by molar-refractivity contribution is 6.11. The summed E-state index contributed by atoms with van der Waals surface area (Å²) in [5.74, 6) is -2.43. The van der Waals surface area contributed by atoms with Crippen LogP contribution in [0.1, 0.15) is 99.8 Å². The molecule has 1 saturated heterocycles. The van der Waals surface area contributed by atoms with Crippen molar-refractivity contribution in [2.45, 2.75) is 114 Å². The van der Waals surface area contributed by atoms with Crippen molar-refractivity contribution in [3.8, 4) is 17.2 Å². The van der Waals surface area contributed by atoms with Crippen molar-refractivity contribution < 1.29 is 58.5 Å². The number of aliphatic hydroxyl groups excluding tert-OH is 3. The molecule has 0 amide bonds. The van der Waals surface area contributed by atoms with Gasteiger partial charge in [0, 0.05) is 67.8 Å². The molecule has 3 aromatic rings. The van der Waals surface area contributed by atoms with E-state index in [1.165, 1.54) is 0 Å². The summed E-state index contributed by atoms with van der Waals surface area (Å²) < 4.78 is 30.9. The molecule has 2 aromatic carbocycles. The molecule has 5 aliphatic rings. The number of aromatic amines is 1. The quantitative estimate of drug-likeness (QED) is 0.0821. The predicted molar refractivity (Wildman–Crippen MR) is 229 cm³/mol. The van der Waals surface area contributed by atoms with E-state index < -0.39 is 54.9 Å². The highest BCUT2D eigenvalue weighted by atomic mass is 16.6. The summed E-state index contributed by atoms with van der Waals surface area (Å²) in [7, 11) is 1.70. The Kier molecular flexibility index (Phi) is 13.2. The molecule has 2 saturated carbocycles. The van der Waals surface area contributed by atoms with Crippen LogP contribution >= 0.6 is 0 Å². The molecular formula is C48H60N2O12. The van der Waals surface area contributed by atoms with E-state index >= 15 is 0 Å². The Balaban J connectivity index is 1.29. The van der Waals surface area contributed by atoms with Gasteiger partial charge in [0.1, 0.15) is 40.8 Å². The largest absolute Gasteiger partial charge is 0.489 e. The number of H-pyrrole nitrogens is 1. The number of rotatable bonds is 14. The fourth-order valence-electron chi connectivity index (χ4n) is 10.5. The van der Waals surface area contributed by atoms with Crippen LogP contribution in [0.4, 0.5) is 0 Å². The first-order valence-corrected chi connectivity index (χ1v) is 22.3. The van der Waals surface area contributed by atoms with Crippen LogP contribution in [0.25, 0.3) is 16.5 Å². The van der Waals surface area contributed by atoms with Gasteiger partial charge < -0.3 is 54.0 Å². The summed E-state index contributed by atoms with van der Waals surface area (Å²) in [5, 5.41) is 46.2. The fourth-order valence-corrected chi connectivity index (χ4v) is 10.5. The van der Waals surface area contributed by atoms with E-state index in [0.29, 0.717) is 66.6 Å². The number of esters is 1. The van der Waals surface area contributed by atoms with Crippen LogP contribution in [-0.4, -0.2) is 119 Å². The SMILES string of the molecule is CCOC(=O)C1=C(C=O)C(=C2CC(CO)C(=O)C(c3ccc4[nH]ccc4c3)C2)c2c(c(CO)c3c(c2OC2CCCC(O)C2)CC(C(C)(O)C2CCN(CCCOC)CC2)O3)O1. The van der Waals surface area contributed by atoms with E-state index in [1.54, 1.807) is 21.0 Å². The summed E-state index contributed by atoms with van der Waals surface area (Å²) in [4.78, 5) is 47.1. The second-order valence-electron chi connectivity index (χ2n) is 17.8. The average Bonchev–Trinajstić information content (AvgIpc) is 3.95. The van der Waals surface area contributed by atoms with Gasteiger partial charge in [-0.25, -0.2) is 4.79 Å². The lowest BCUT2D eigenvalue weighted by Crippen LogP contribution is -2.52. The molecule has 334 valence electrons. The number of Topliss-reactive ketones (excluding diaryl/α,β-unsaturated/α-hetero) is 1. The second-order valence-corrected chi connectivity index (χ2v) is 17.8. The van der Waals surface area contributed by atoms with E-state index in [9.17, 15) is 34.8 Å². The third kappa shape index (κ3) is 8.33. The number of hydrogen-bond donors (Lipinski definition) is 5. The van der Waals surface area contributed by atoms with Crippen molar-refractivity contribution in [1.29, 1.82) is 0 Å². The van der Waals surface area contributed by atoms with Crippen molar-refractivity contribution in [1.82, 2.24) is 9.88 Å². The normalized spacial score (nSPS) is 26.7. The molecule has 8 rings (SSSR count). The minimum absolute atomic E-state index is 0.0112. The zero-order chi connectivity index (χ0) is 43.7. The number of aromatic nitrogens is 1. The second kappa shape index (κ2) is 18.6. The number of nitrogens with one attached hydrogen (secondary N) is 1. The van der Waals surface area contributed by atoms with Crippen molar-refractivity contribution in [3.05, 3.63) is 69.6 Å². The number of piperidine rings is 1. The molecule has 14 heteroatoms. The number of aliphatic hydroxyl groups is 4. The fraction of sp³-hybridized carbons (Fsp3) is 0.562. The molecule has 62 heavy (non-hydrogen) atoms. The van der Waals surface area contributed by atoms with Gasteiger partial charge in [0.25, 0.3) is 0 Å². The first-order chi connectivity index (χ1) is 30.0. The maximum atomic E-state index is 14.2. The van der Waals surface area contributed by atoms with Crippen molar-refractivity contribution >= 4 is 34.5 Å². The zero-order valence-electron chi connectivity index (χ0n) is 36.0. The van der Waals surface area contributed by atoms with Gasteiger partial charge in [-0.15, -0.1) is 0 Å². The summed E-state index contributed by atoms with van der Waals surface area (Å²) in [6, 6.07) is 7.66. The van der Waals surface area contributed by atoms with E-state index in [4.69, 9.17) is 23.7 Å². The van der Waals surface area contributed by atoms with Gasteiger partial charge >= 0.3 is 5.97 Å². The van der Waals surface area contributed by atoms with Crippen LogP contribution in [0.5, 0.6) is 17.2 Å². The standard InChI is InChI=1S/C48H60N2O12/c1-4-59-47(56)46-36(25-52)40(29-20-30(24-51)42(55)34(21-29)27-9-10-38-28(19-27)11-14-49-38)41-44(60-33-8-5-7-32(54)22-33)35-23-39(61-43(35)37(26-53)45(41)62-46)48(2,57)31-12-16-50(17-13-31)15-6-18-58-3/h9-11,14,19,25,30-34,39,49,51,53-54,57H,4-8,12-13,15-18,20-24,26H2,1-3H3. The highest BCUT2D eigenvalue weighted by Gasteiger charge is 2.50. The summed E-state index contributed by atoms with van der Waals surface area (Å²) in [5.41, 5.74) is 2.26. The van der Waals surface area contributed by atoms with Crippen LogP contribution in [0.15, 0.2) is 47.4 Å². The number of allylic oxidation sites excluding steroid dienone is 3. The molecule has 3 aliphatic heterocycles. The third-order valence-corrected chi connectivity index (χ3v) is 13.9. The Bertz CT molecular complexity index is 2230. The van der Waals surface area contributed by atoms with Gasteiger partial charge in [0.2, 0.25) is 5.76 Å². The molecule has 14 nitrogen and oxygen atoms in total. The Morgan fingerprint density at radius 3 is 2.60 bits per heavy atom. The lowest BCUT2D eigenvalue weighted by molar-refractivity contribution is -0.141. The predicted octanol–water partition coefficient (Wildman–Crippen LogP) is 5.06. The molecule has 2 aliphatic carbocycles.